The van der Waals surface area contributed by atoms with Gasteiger partial charge in [0, 0.05) is 17.4 Å². The number of phenols is 1. The summed E-state index contributed by atoms with van der Waals surface area (Å²) in [5.74, 6) is 0.551. The van der Waals surface area contributed by atoms with Gasteiger partial charge in [0.25, 0.3) is 5.91 Å². The van der Waals surface area contributed by atoms with Gasteiger partial charge in [-0.25, -0.2) is 0 Å². The average molecular weight is 375 g/mol. The molecule has 5 nitrogen and oxygen atoms in total. The third kappa shape index (κ3) is 2.67. The van der Waals surface area contributed by atoms with Crippen LogP contribution in [-0.2, 0) is 4.43 Å². The Morgan fingerprint density at radius 3 is 2.62 bits per heavy atom. The van der Waals surface area contributed by atoms with E-state index in [2.05, 4.69) is 51.0 Å². The first-order chi connectivity index (χ1) is 12.1. The van der Waals surface area contributed by atoms with Gasteiger partial charge < -0.3 is 19.4 Å². The summed E-state index contributed by atoms with van der Waals surface area (Å²) in [7, 11) is -0.668. The highest BCUT2D eigenvalue weighted by molar-refractivity contribution is 6.25. The Labute approximate surface area is 157 Å². The van der Waals surface area contributed by atoms with E-state index in [0.717, 1.165) is 10.9 Å². The lowest BCUT2D eigenvalue weighted by Gasteiger charge is -2.53. The Hall–Kier alpha value is -1.79. The summed E-state index contributed by atoms with van der Waals surface area (Å²) in [5.41, 5.74) is 1.08. The topological polar surface area (TPSA) is 63.5 Å². The molecule has 2 atom stereocenters. The van der Waals surface area contributed by atoms with Crippen LogP contribution in [0, 0.1) is 11.3 Å². The number of nitrogens with zero attached hydrogens (tertiary/aromatic N) is 1. The summed E-state index contributed by atoms with van der Waals surface area (Å²) >= 11 is 0. The number of carbonyl (C=O) groups is 1. The first-order valence-electron chi connectivity index (χ1n) is 9.39. The second-order valence-electron chi connectivity index (χ2n) is 8.28. The smallest absolute Gasteiger partial charge is 0.268 e. The zero-order valence-corrected chi connectivity index (χ0v) is 18.0. The second-order valence-corrected chi connectivity index (χ2v) is 9.15. The van der Waals surface area contributed by atoms with Crippen molar-refractivity contribution in [3.63, 3.8) is 0 Å². The van der Waals surface area contributed by atoms with Crippen molar-refractivity contribution in [2.24, 2.45) is 11.3 Å². The van der Waals surface area contributed by atoms with E-state index >= 15 is 0 Å². The zero-order chi connectivity index (χ0) is 19.3. The van der Waals surface area contributed by atoms with Crippen LogP contribution in [0.25, 0.3) is 10.9 Å². The van der Waals surface area contributed by atoms with E-state index < -0.39 is 15.4 Å². The fraction of sp³-hybridized carbons (Fsp3) is 0.550. The summed E-state index contributed by atoms with van der Waals surface area (Å²) in [6.07, 6.45) is 0. The Morgan fingerprint density at radius 1 is 1.31 bits per heavy atom. The zero-order valence-electron chi connectivity index (χ0n) is 16.6. The van der Waals surface area contributed by atoms with Crippen molar-refractivity contribution in [3.05, 3.63) is 30.0 Å². The van der Waals surface area contributed by atoms with Crippen molar-refractivity contribution in [1.29, 1.82) is 0 Å². The molecule has 1 amide bonds. The van der Waals surface area contributed by atoms with Gasteiger partial charge in [0.15, 0.2) is 9.76 Å². The molecule has 0 saturated heterocycles. The van der Waals surface area contributed by atoms with Gasteiger partial charge in [-0.2, -0.15) is 0 Å². The van der Waals surface area contributed by atoms with Crippen LogP contribution in [0.1, 0.15) is 51.1 Å². The minimum absolute atomic E-state index is 0.0120. The normalized spacial score (nSPS) is 20.6. The molecule has 1 aliphatic rings. The fourth-order valence-electron chi connectivity index (χ4n) is 4.13. The van der Waals surface area contributed by atoms with Crippen molar-refractivity contribution in [2.45, 2.75) is 52.8 Å². The molecule has 2 heterocycles. The summed E-state index contributed by atoms with van der Waals surface area (Å²) < 4.78 is 8.67. The Kier molecular flexibility index (Phi) is 4.69. The molecule has 0 spiro atoms. The van der Waals surface area contributed by atoms with Crippen LogP contribution in [0.2, 0.25) is 6.55 Å². The lowest BCUT2D eigenvalue weighted by Crippen LogP contribution is -2.58. The first kappa shape index (κ1) is 19.0. The monoisotopic (exact) mass is 374 g/mol. The maximum Gasteiger partial charge on any atom is 0.268 e. The number of hydrogen-bond acceptors (Lipinski definition) is 3. The van der Waals surface area contributed by atoms with Crippen molar-refractivity contribution >= 4 is 26.6 Å². The highest BCUT2D eigenvalue weighted by Gasteiger charge is 2.51. The van der Waals surface area contributed by atoms with E-state index in [-0.39, 0.29) is 23.1 Å². The second kappa shape index (κ2) is 6.42. The molecule has 1 aliphatic heterocycles. The summed E-state index contributed by atoms with van der Waals surface area (Å²) in [4.78, 5) is 12.5. The van der Waals surface area contributed by atoms with Crippen LogP contribution in [0.3, 0.4) is 0 Å². The molecule has 142 valence electrons. The van der Waals surface area contributed by atoms with E-state index in [0.29, 0.717) is 18.2 Å². The molecule has 1 unspecified atom stereocenters. The molecule has 26 heavy (non-hydrogen) atoms. The van der Waals surface area contributed by atoms with Crippen LogP contribution in [-0.4, -0.2) is 37.5 Å². The molecule has 6 heteroatoms. The number of hydrogen-bond donors (Lipinski definition) is 2. The average Bonchev–Trinajstić information content (AvgIpc) is 2.94. The third-order valence-corrected chi connectivity index (χ3v) is 7.51. The fourth-order valence-corrected chi connectivity index (χ4v) is 5.30. The van der Waals surface area contributed by atoms with Crippen LogP contribution in [0.5, 0.6) is 5.75 Å². The minimum Gasteiger partial charge on any atom is -0.508 e. The van der Waals surface area contributed by atoms with Gasteiger partial charge in [0.1, 0.15) is 11.4 Å². The minimum atomic E-state index is -0.668. The van der Waals surface area contributed by atoms with Crippen LogP contribution in [0.4, 0.5) is 0 Å². The number of aromatic nitrogens is 1. The van der Waals surface area contributed by atoms with Crippen LogP contribution >= 0.6 is 0 Å². The van der Waals surface area contributed by atoms with Crippen molar-refractivity contribution in [1.82, 2.24) is 9.88 Å². The van der Waals surface area contributed by atoms with Gasteiger partial charge >= 0.3 is 0 Å². The van der Waals surface area contributed by atoms with E-state index in [1.54, 1.807) is 12.1 Å². The van der Waals surface area contributed by atoms with Crippen molar-refractivity contribution < 1.29 is 14.3 Å². The number of rotatable bonds is 5. The third-order valence-electron chi connectivity index (χ3n) is 6.63. The molecule has 2 N–H and O–H groups in total. The first-order valence-corrected chi connectivity index (χ1v) is 11.4. The van der Waals surface area contributed by atoms with Gasteiger partial charge in [0.2, 0.25) is 0 Å². The predicted molar refractivity (Wildman–Crippen MR) is 107 cm³/mol. The van der Waals surface area contributed by atoms with Gasteiger partial charge in [-0.05, 0) is 42.5 Å². The summed E-state index contributed by atoms with van der Waals surface area (Å²) in [6, 6.07) is 7.14. The highest BCUT2D eigenvalue weighted by Crippen LogP contribution is 2.48. The van der Waals surface area contributed by atoms with Crippen molar-refractivity contribution in [3.8, 4) is 5.75 Å². The highest BCUT2D eigenvalue weighted by atomic mass is 28.2. The predicted octanol–water partition coefficient (Wildman–Crippen LogP) is 3.22. The molecule has 1 aromatic carbocycles. The molecule has 0 bridgehead atoms. The maximum absolute atomic E-state index is 12.5. The molecule has 1 aromatic heterocycles. The summed E-state index contributed by atoms with van der Waals surface area (Å²) in [6.45, 7) is 13.9. The maximum atomic E-state index is 12.5. The molecule has 0 saturated carbocycles. The van der Waals surface area contributed by atoms with Crippen LogP contribution in [0.15, 0.2) is 24.3 Å². The van der Waals surface area contributed by atoms with Crippen LogP contribution < -0.4 is 5.32 Å². The molecule has 0 aliphatic carbocycles. The number of benzene rings is 1. The number of carbonyl (C=O) groups excluding carboxylic acids is 1. The molecule has 0 radical (unpaired) electrons. The SMILES string of the molecule is C[SiH2]OC(C)([C@@H]1CNC(=O)c2cc3cc(O)ccc3n21)C(C)(C)C(C)C. The Morgan fingerprint density at radius 2 is 2.00 bits per heavy atom. The molecular formula is C20H30N2O3Si. The van der Waals surface area contributed by atoms with Gasteiger partial charge in [-0.1, -0.05) is 34.2 Å². The largest absolute Gasteiger partial charge is 0.508 e. The van der Waals surface area contributed by atoms with E-state index in [1.165, 1.54) is 0 Å². The summed E-state index contributed by atoms with van der Waals surface area (Å²) in [5, 5.41) is 13.8. The standard InChI is InChI=1S/C20H30N2O3Si/c1-12(2)19(3,4)20(5,25-26-6)17-11-21-18(24)16-10-13-9-14(23)7-8-15(13)22(16)17/h7-10,12,17,23H,11,26H2,1-6H3,(H,21,24)/t17-,20?/m0/s1. The molecule has 0 fully saturated rings. The van der Waals surface area contributed by atoms with E-state index in [4.69, 9.17) is 4.43 Å². The lowest BCUT2D eigenvalue weighted by atomic mass is 9.65. The number of phenolic OH excluding ortho intramolecular Hbond substituents is 1. The Bertz CT molecular complexity index is 843. The van der Waals surface area contributed by atoms with E-state index in [1.807, 2.05) is 12.1 Å². The van der Waals surface area contributed by atoms with E-state index in [9.17, 15) is 9.90 Å². The van der Waals surface area contributed by atoms with Crippen molar-refractivity contribution in [2.75, 3.05) is 6.54 Å². The number of nitrogens with one attached hydrogen (secondary N) is 1. The quantitative estimate of drug-likeness (QED) is 0.790. The number of aromatic hydroxyl groups is 1. The molecular weight excluding hydrogens is 344 g/mol. The van der Waals surface area contributed by atoms with Gasteiger partial charge in [-0.3, -0.25) is 4.79 Å². The number of amides is 1. The lowest BCUT2D eigenvalue weighted by molar-refractivity contribution is -0.0901. The molecule has 3 rings (SSSR count). The molecule has 2 aromatic rings. The number of fused-ring (bicyclic) bond motifs is 3. The van der Waals surface area contributed by atoms with Gasteiger partial charge in [0.05, 0.1) is 11.6 Å². The Balaban J connectivity index is 2.25. The van der Waals surface area contributed by atoms with Gasteiger partial charge in [-0.15, -0.1) is 0 Å².